The van der Waals surface area contributed by atoms with E-state index in [-0.39, 0.29) is 6.10 Å². The number of hydrogen-bond donors (Lipinski definition) is 3. The number of anilines is 1. The topological polar surface area (TPSA) is 109 Å². The van der Waals surface area contributed by atoms with E-state index < -0.39 is 0 Å². The number of benzene rings is 1. The maximum atomic E-state index is 9.61. The van der Waals surface area contributed by atoms with Crippen LogP contribution in [0.4, 0.5) is 5.82 Å². The fourth-order valence-electron chi connectivity index (χ4n) is 4.21. The minimum atomic E-state index is -0.216. The number of H-pyrrole nitrogens is 1. The van der Waals surface area contributed by atoms with E-state index in [2.05, 4.69) is 36.8 Å². The third kappa shape index (κ3) is 2.42. The van der Waals surface area contributed by atoms with Crippen molar-refractivity contribution in [3.05, 3.63) is 36.3 Å². The Bertz CT molecular complexity index is 1190. The van der Waals surface area contributed by atoms with Crippen LogP contribution < -0.4 is 5.73 Å². The zero-order valence-corrected chi connectivity index (χ0v) is 15.3. The summed E-state index contributed by atoms with van der Waals surface area (Å²) in [4.78, 5) is 11.7. The Kier molecular flexibility index (Phi) is 3.30. The van der Waals surface area contributed by atoms with E-state index in [1.165, 1.54) is 0 Å². The molecule has 1 saturated heterocycles. The van der Waals surface area contributed by atoms with E-state index >= 15 is 0 Å². The molecular weight excluding hydrogens is 354 g/mol. The highest BCUT2D eigenvalue weighted by molar-refractivity contribution is 6.07. The standard InChI is InChI=1S/C20H21N7O/c21-20-18-19(14-4-1-11(7-16(14)23-20)15-5-6-22-25-15)27(12-2-3-12)17(24-18)10-26-8-13(28)9-26/h1,4-7,12-13,28H,2-3,8-10H2,(H2,21,23)(H,22,25). The molecule has 0 bridgehead atoms. The van der Waals surface area contributed by atoms with E-state index in [0.717, 1.165) is 58.4 Å². The Morgan fingerprint density at radius 3 is 2.75 bits per heavy atom. The van der Waals surface area contributed by atoms with Gasteiger partial charge in [-0.05, 0) is 31.0 Å². The fourth-order valence-corrected chi connectivity index (χ4v) is 4.21. The van der Waals surface area contributed by atoms with E-state index in [0.29, 0.717) is 24.9 Å². The van der Waals surface area contributed by atoms with Crippen LogP contribution in [0.2, 0.25) is 0 Å². The Balaban J connectivity index is 1.54. The van der Waals surface area contributed by atoms with Gasteiger partial charge >= 0.3 is 0 Å². The molecule has 1 saturated carbocycles. The van der Waals surface area contributed by atoms with Gasteiger partial charge < -0.3 is 15.4 Å². The lowest BCUT2D eigenvalue weighted by molar-refractivity contribution is -0.00475. The van der Waals surface area contributed by atoms with Crippen molar-refractivity contribution in [2.45, 2.75) is 31.5 Å². The average molecular weight is 375 g/mol. The van der Waals surface area contributed by atoms with Gasteiger partial charge in [-0.3, -0.25) is 10.00 Å². The third-order valence-corrected chi connectivity index (χ3v) is 5.73. The predicted molar refractivity (Wildman–Crippen MR) is 107 cm³/mol. The number of nitrogens with one attached hydrogen (secondary N) is 1. The number of nitrogen functional groups attached to an aromatic ring is 1. The molecule has 28 heavy (non-hydrogen) atoms. The summed E-state index contributed by atoms with van der Waals surface area (Å²) < 4.78 is 2.36. The van der Waals surface area contributed by atoms with Crippen LogP contribution in [0.15, 0.2) is 30.5 Å². The second-order valence-corrected chi connectivity index (χ2v) is 7.86. The molecular formula is C20H21N7O. The Labute approximate surface area is 161 Å². The quantitative estimate of drug-likeness (QED) is 0.504. The number of rotatable bonds is 4. The van der Waals surface area contributed by atoms with Crippen LogP contribution in [0.3, 0.4) is 0 Å². The first kappa shape index (κ1) is 16.0. The summed E-state index contributed by atoms with van der Waals surface area (Å²) in [5.74, 6) is 1.48. The second-order valence-electron chi connectivity index (χ2n) is 7.86. The highest BCUT2D eigenvalue weighted by Gasteiger charge is 2.32. The lowest BCUT2D eigenvalue weighted by atomic mass is 10.1. The number of pyridine rings is 1. The molecule has 8 nitrogen and oxygen atoms in total. The molecule has 4 aromatic rings. The molecule has 1 aliphatic heterocycles. The smallest absolute Gasteiger partial charge is 0.152 e. The molecule has 1 aromatic carbocycles. The number of imidazole rings is 1. The van der Waals surface area contributed by atoms with Crippen LogP contribution in [0.25, 0.3) is 33.2 Å². The number of aromatic amines is 1. The van der Waals surface area contributed by atoms with E-state index in [9.17, 15) is 5.11 Å². The molecule has 8 heteroatoms. The highest BCUT2D eigenvalue weighted by Crippen LogP contribution is 2.42. The monoisotopic (exact) mass is 375 g/mol. The number of aliphatic hydroxyl groups is 1. The van der Waals surface area contributed by atoms with E-state index in [1.807, 2.05) is 18.3 Å². The van der Waals surface area contributed by atoms with Gasteiger partial charge in [0.15, 0.2) is 5.82 Å². The number of β-amino-alcohol motifs (C(OH)–C–C–N with tert-alkyl or cyclic N) is 1. The molecule has 142 valence electrons. The summed E-state index contributed by atoms with van der Waals surface area (Å²) in [7, 11) is 0. The predicted octanol–water partition coefficient (Wildman–Crippen LogP) is 2.07. The van der Waals surface area contributed by atoms with Gasteiger partial charge in [-0.15, -0.1) is 0 Å². The number of nitrogens with zero attached hydrogens (tertiary/aromatic N) is 5. The largest absolute Gasteiger partial charge is 0.390 e. The number of likely N-dealkylation sites (tertiary alicyclic amines) is 1. The van der Waals surface area contributed by atoms with Crippen LogP contribution in [-0.2, 0) is 6.54 Å². The molecule has 2 fully saturated rings. The lowest BCUT2D eigenvalue weighted by Gasteiger charge is -2.35. The molecule has 4 heterocycles. The molecule has 0 atom stereocenters. The number of aromatic nitrogens is 5. The van der Waals surface area contributed by atoms with Gasteiger partial charge in [0.1, 0.15) is 11.3 Å². The maximum absolute atomic E-state index is 9.61. The molecule has 6 rings (SSSR count). The molecule has 3 aromatic heterocycles. The van der Waals surface area contributed by atoms with Gasteiger partial charge in [0.25, 0.3) is 0 Å². The molecule has 4 N–H and O–H groups in total. The van der Waals surface area contributed by atoms with Crippen molar-refractivity contribution in [3.63, 3.8) is 0 Å². The number of hydrogen-bond acceptors (Lipinski definition) is 6. The first-order chi connectivity index (χ1) is 13.7. The van der Waals surface area contributed by atoms with Crippen LogP contribution in [0.1, 0.15) is 24.7 Å². The van der Waals surface area contributed by atoms with Crippen LogP contribution in [0, 0.1) is 0 Å². The SMILES string of the molecule is Nc1nc2cc(-c3cc[nH]n3)ccc2c2c1nc(CN1CC(O)C1)n2C1CC1. The van der Waals surface area contributed by atoms with Gasteiger partial charge in [-0.25, -0.2) is 9.97 Å². The zero-order chi connectivity index (χ0) is 18.8. The first-order valence-electron chi connectivity index (χ1n) is 9.68. The molecule has 1 aliphatic carbocycles. The summed E-state index contributed by atoms with van der Waals surface area (Å²) in [5.41, 5.74) is 10.9. The Hall–Kier alpha value is -2.97. The van der Waals surface area contributed by atoms with Crippen LogP contribution in [0.5, 0.6) is 0 Å². The van der Waals surface area contributed by atoms with Crippen molar-refractivity contribution < 1.29 is 5.11 Å². The minimum absolute atomic E-state index is 0.216. The number of fused-ring (bicyclic) bond motifs is 3. The van der Waals surface area contributed by atoms with E-state index in [1.54, 1.807) is 0 Å². The van der Waals surface area contributed by atoms with Crippen molar-refractivity contribution in [2.75, 3.05) is 18.8 Å². The lowest BCUT2D eigenvalue weighted by Crippen LogP contribution is -2.50. The molecule has 2 aliphatic rings. The van der Waals surface area contributed by atoms with Gasteiger partial charge in [0, 0.05) is 36.3 Å². The average Bonchev–Trinajstić information content (AvgIpc) is 3.20. The van der Waals surface area contributed by atoms with Crippen LogP contribution >= 0.6 is 0 Å². The Morgan fingerprint density at radius 2 is 2.04 bits per heavy atom. The van der Waals surface area contributed by atoms with Gasteiger partial charge in [0.05, 0.1) is 29.4 Å². The fraction of sp³-hybridized carbons (Fsp3) is 0.350. The molecule has 0 spiro atoms. The summed E-state index contributed by atoms with van der Waals surface area (Å²) in [6, 6.07) is 8.63. The highest BCUT2D eigenvalue weighted by atomic mass is 16.3. The van der Waals surface area contributed by atoms with Crippen molar-refractivity contribution >= 4 is 27.8 Å². The minimum Gasteiger partial charge on any atom is -0.390 e. The number of aliphatic hydroxyl groups excluding tert-OH is 1. The summed E-state index contributed by atoms with van der Waals surface area (Å²) in [6.07, 6.45) is 3.92. The summed E-state index contributed by atoms with van der Waals surface area (Å²) >= 11 is 0. The van der Waals surface area contributed by atoms with Crippen molar-refractivity contribution in [1.82, 2.24) is 29.6 Å². The van der Waals surface area contributed by atoms with Gasteiger partial charge in [-0.1, -0.05) is 6.07 Å². The number of nitrogens with two attached hydrogens (primary N) is 1. The third-order valence-electron chi connectivity index (χ3n) is 5.73. The first-order valence-corrected chi connectivity index (χ1v) is 9.68. The normalized spacial score (nSPS) is 18.2. The van der Waals surface area contributed by atoms with Gasteiger partial charge in [-0.2, -0.15) is 5.10 Å². The van der Waals surface area contributed by atoms with Crippen molar-refractivity contribution in [1.29, 1.82) is 0 Å². The van der Waals surface area contributed by atoms with Crippen molar-refractivity contribution in [3.8, 4) is 11.3 Å². The molecule has 0 amide bonds. The van der Waals surface area contributed by atoms with E-state index in [4.69, 9.17) is 10.7 Å². The summed E-state index contributed by atoms with van der Waals surface area (Å²) in [6.45, 7) is 2.14. The van der Waals surface area contributed by atoms with Crippen molar-refractivity contribution in [2.24, 2.45) is 0 Å². The Morgan fingerprint density at radius 1 is 1.18 bits per heavy atom. The molecule has 0 radical (unpaired) electrons. The zero-order valence-electron chi connectivity index (χ0n) is 15.3. The van der Waals surface area contributed by atoms with Crippen LogP contribution in [-0.4, -0.2) is 53.9 Å². The summed E-state index contributed by atoms with van der Waals surface area (Å²) in [5, 5.41) is 17.8. The maximum Gasteiger partial charge on any atom is 0.152 e. The van der Waals surface area contributed by atoms with Gasteiger partial charge in [0.2, 0.25) is 0 Å². The second kappa shape index (κ2) is 5.76. The molecule has 0 unspecified atom stereocenters.